The number of anilines is 1. The van der Waals surface area contributed by atoms with Crippen molar-refractivity contribution in [2.24, 2.45) is 0 Å². The molecule has 0 aliphatic heterocycles. The summed E-state index contributed by atoms with van der Waals surface area (Å²) in [5, 5.41) is 3.10. The van der Waals surface area contributed by atoms with Crippen LogP contribution in [-0.4, -0.2) is 17.1 Å². The van der Waals surface area contributed by atoms with Crippen molar-refractivity contribution >= 4 is 5.69 Å². The molecular formula is C12H14FN3O. The number of benzene rings is 1. The van der Waals surface area contributed by atoms with Gasteiger partial charge in [0.05, 0.1) is 25.5 Å². The molecule has 1 aromatic heterocycles. The van der Waals surface area contributed by atoms with Gasteiger partial charge in [-0.2, -0.15) is 0 Å². The lowest BCUT2D eigenvalue weighted by atomic mass is 10.3. The number of rotatable bonds is 4. The highest BCUT2D eigenvalue weighted by atomic mass is 19.1. The van der Waals surface area contributed by atoms with Crippen LogP contribution in [0.3, 0.4) is 0 Å². The Morgan fingerprint density at radius 1 is 1.47 bits per heavy atom. The van der Waals surface area contributed by atoms with Gasteiger partial charge in [0.1, 0.15) is 5.82 Å². The van der Waals surface area contributed by atoms with Gasteiger partial charge in [0.15, 0.2) is 11.6 Å². The van der Waals surface area contributed by atoms with Gasteiger partial charge in [-0.3, -0.25) is 0 Å². The maximum Gasteiger partial charge on any atom is 0.167 e. The first kappa shape index (κ1) is 11.4. The third-order valence-electron chi connectivity index (χ3n) is 2.39. The fraction of sp³-hybridized carbons (Fsp3) is 0.250. The Balaban J connectivity index is 2.02. The van der Waals surface area contributed by atoms with Gasteiger partial charge in [-0.15, -0.1) is 0 Å². The monoisotopic (exact) mass is 235 g/mol. The average molecular weight is 235 g/mol. The Hall–Kier alpha value is -2.04. The van der Waals surface area contributed by atoms with Gasteiger partial charge in [-0.05, 0) is 19.1 Å². The number of hydrogen-bond acceptors (Lipinski definition) is 3. The lowest BCUT2D eigenvalue weighted by Crippen LogP contribution is -2.00. The fourth-order valence-corrected chi connectivity index (χ4v) is 1.54. The van der Waals surface area contributed by atoms with Crippen molar-refractivity contribution in [2.45, 2.75) is 13.5 Å². The quantitative estimate of drug-likeness (QED) is 0.856. The molecule has 0 spiro atoms. The van der Waals surface area contributed by atoms with Gasteiger partial charge in [-0.25, -0.2) is 9.37 Å². The lowest BCUT2D eigenvalue weighted by molar-refractivity contribution is 0.386. The highest BCUT2D eigenvalue weighted by Gasteiger charge is 2.03. The maximum absolute atomic E-state index is 13.4. The van der Waals surface area contributed by atoms with Crippen LogP contribution in [0.4, 0.5) is 10.1 Å². The molecule has 0 atom stereocenters. The molecule has 4 nitrogen and oxygen atoms in total. The highest BCUT2D eigenvalue weighted by Crippen LogP contribution is 2.20. The second-order valence-corrected chi connectivity index (χ2v) is 3.70. The Kier molecular flexibility index (Phi) is 3.27. The second-order valence-electron chi connectivity index (χ2n) is 3.70. The van der Waals surface area contributed by atoms with Crippen LogP contribution >= 0.6 is 0 Å². The van der Waals surface area contributed by atoms with Crippen LogP contribution in [0.15, 0.2) is 24.4 Å². The van der Waals surface area contributed by atoms with E-state index in [1.807, 2.05) is 6.92 Å². The van der Waals surface area contributed by atoms with E-state index >= 15 is 0 Å². The minimum Gasteiger partial charge on any atom is -0.494 e. The van der Waals surface area contributed by atoms with Crippen molar-refractivity contribution in [1.29, 1.82) is 0 Å². The number of nitrogens with zero attached hydrogens (tertiary/aromatic N) is 1. The minimum absolute atomic E-state index is 0.243. The molecule has 2 rings (SSSR count). The molecule has 0 fully saturated rings. The van der Waals surface area contributed by atoms with E-state index in [0.717, 1.165) is 11.5 Å². The maximum atomic E-state index is 13.4. The van der Waals surface area contributed by atoms with Crippen molar-refractivity contribution in [2.75, 3.05) is 12.4 Å². The summed E-state index contributed by atoms with van der Waals surface area (Å²) >= 11 is 0. The Labute approximate surface area is 98.8 Å². The Morgan fingerprint density at radius 2 is 2.29 bits per heavy atom. The summed E-state index contributed by atoms with van der Waals surface area (Å²) in [4.78, 5) is 7.18. The van der Waals surface area contributed by atoms with Crippen molar-refractivity contribution in [1.82, 2.24) is 9.97 Å². The number of halogens is 1. The first-order valence-electron chi connectivity index (χ1n) is 5.27. The summed E-state index contributed by atoms with van der Waals surface area (Å²) in [5.74, 6) is 0.730. The molecule has 0 amide bonds. The van der Waals surface area contributed by atoms with Crippen LogP contribution in [0.2, 0.25) is 0 Å². The average Bonchev–Trinajstić information content (AvgIpc) is 2.73. The van der Waals surface area contributed by atoms with Crippen molar-refractivity contribution in [3.8, 4) is 5.75 Å². The van der Waals surface area contributed by atoms with Gasteiger partial charge in [-0.1, -0.05) is 0 Å². The Bertz CT molecular complexity index is 510. The molecule has 2 N–H and O–H groups in total. The summed E-state index contributed by atoms with van der Waals surface area (Å²) in [7, 11) is 1.44. The zero-order valence-electron chi connectivity index (χ0n) is 9.75. The number of imidazole rings is 1. The van der Waals surface area contributed by atoms with E-state index in [-0.39, 0.29) is 11.6 Å². The Morgan fingerprint density at radius 3 is 2.88 bits per heavy atom. The summed E-state index contributed by atoms with van der Waals surface area (Å²) < 4.78 is 18.2. The van der Waals surface area contributed by atoms with Gasteiger partial charge < -0.3 is 15.0 Å². The summed E-state index contributed by atoms with van der Waals surface area (Å²) in [6, 6.07) is 4.77. The van der Waals surface area contributed by atoms with E-state index in [1.165, 1.54) is 13.2 Å². The minimum atomic E-state index is -0.377. The van der Waals surface area contributed by atoms with E-state index < -0.39 is 0 Å². The second kappa shape index (κ2) is 4.86. The summed E-state index contributed by atoms with van der Waals surface area (Å²) in [5.41, 5.74) is 1.66. The van der Waals surface area contributed by atoms with Crippen molar-refractivity contribution < 1.29 is 9.13 Å². The van der Waals surface area contributed by atoms with E-state index in [1.54, 1.807) is 18.3 Å². The number of nitrogens with one attached hydrogen (secondary N) is 2. The van der Waals surface area contributed by atoms with Gasteiger partial charge in [0.2, 0.25) is 0 Å². The van der Waals surface area contributed by atoms with Crippen LogP contribution in [0, 0.1) is 12.7 Å². The number of aryl methyl sites for hydroxylation is 1. The number of hydrogen-bond donors (Lipinski definition) is 2. The van der Waals surface area contributed by atoms with Crippen molar-refractivity contribution in [3.63, 3.8) is 0 Å². The fourth-order valence-electron chi connectivity index (χ4n) is 1.54. The van der Waals surface area contributed by atoms with E-state index in [2.05, 4.69) is 15.3 Å². The number of H-pyrrole nitrogens is 1. The molecule has 1 aromatic carbocycles. The van der Waals surface area contributed by atoms with Crippen LogP contribution in [-0.2, 0) is 6.54 Å². The predicted molar refractivity (Wildman–Crippen MR) is 63.6 cm³/mol. The van der Waals surface area contributed by atoms with Gasteiger partial charge >= 0.3 is 0 Å². The lowest BCUT2D eigenvalue weighted by Gasteiger charge is -2.07. The van der Waals surface area contributed by atoms with Gasteiger partial charge in [0, 0.05) is 11.8 Å². The zero-order chi connectivity index (χ0) is 12.3. The van der Waals surface area contributed by atoms with Crippen LogP contribution < -0.4 is 10.1 Å². The largest absolute Gasteiger partial charge is 0.494 e. The smallest absolute Gasteiger partial charge is 0.167 e. The SMILES string of the molecule is COc1ccc(NCc2cnc(C)[nH]2)cc1F. The molecule has 5 heteroatoms. The van der Waals surface area contributed by atoms with E-state index in [9.17, 15) is 4.39 Å². The molecule has 17 heavy (non-hydrogen) atoms. The predicted octanol–water partition coefficient (Wildman–Crippen LogP) is 2.48. The van der Waals surface area contributed by atoms with Crippen LogP contribution in [0.5, 0.6) is 5.75 Å². The molecule has 0 saturated heterocycles. The van der Waals surface area contributed by atoms with Crippen LogP contribution in [0.25, 0.3) is 0 Å². The molecule has 90 valence electrons. The van der Waals surface area contributed by atoms with Gasteiger partial charge in [0.25, 0.3) is 0 Å². The molecule has 0 aliphatic rings. The molecule has 0 unspecified atom stereocenters. The number of aromatic nitrogens is 2. The molecular weight excluding hydrogens is 221 g/mol. The summed E-state index contributed by atoms with van der Waals surface area (Å²) in [6.07, 6.45) is 1.75. The van der Waals surface area contributed by atoms with Crippen molar-refractivity contribution in [3.05, 3.63) is 41.7 Å². The zero-order valence-corrected chi connectivity index (χ0v) is 9.75. The molecule has 0 bridgehead atoms. The molecule has 2 aromatic rings. The standard InChI is InChI=1S/C12H14FN3O/c1-8-14-6-10(16-8)7-15-9-3-4-12(17-2)11(13)5-9/h3-6,15H,7H2,1-2H3,(H,14,16). The molecule has 0 aliphatic carbocycles. The summed E-state index contributed by atoms with van der Waals surface area (Å²) in [6.45, 7) is 2.46. The number of aromatic amines is 1. The molecule has 0 radical (unpaired) electrons. The normalized spacial score (nSPS) is 10.3. The van der Waals surface area contributed by atoms with Crippen LogP contribution in [0.1, 0.15) is 11.5 Å². The van der Waals surface area contributed by atoms with E-state index in [0.29, 0.717) is 12.2 Å². The molecule has 1 heterocycles. The number of methoxy groups -OCH3 is 1. The first-order valence-corrected chi connectivity index (χ1v) is 5.27. The first-order chi connectivity index (χ1) is 8.19. The van der Waals surface area contributed by atoms with E-state index in [4.69, 9.17) is 4.74 Å². The number of ether oxygens (including phenoxy) is 1. The third-order valence-corrected chi connectivity index (χ3v) is 2.39. The topological polar surface area (TPSA) is 49.9 Å². The molecule has 0 saturated carbocycles. The highest BCUT2D eigenvalue weighted by molar-refractivity contribution is 5.47. The third kappa shape index (κ3) is 2.75.